The molecule has 0 radical (unpaired) electrons. The summed E-state index contributed by atoms with van der Waals surface area (Å²) in [6.45, 7) is 6.49. The number of carbonyl (C=O) groups excluding carboxylic acids is 1. The van der Waals surface area contributed by atoms with Gasteiger partial charge < -0.3 is 5.32 Å². The lowest BCUT2D eigenvalue weighted by Crippen LogP contribution is -2.22. The molecule has 0 aliphatic rings. The highest BCUT2D eigenvalue weighted by Crippen LogP contribution is 2.17. The molecule has 0 unspecified atom stereocenters. The van der Waals surface area contributed by atoms with E-state index in [0.29, 0.717) is 17.2 Å². The Morgan fingerprint density at radius 2 is 1.93 bits per heavy atom. The summed E-state index contributed by atoms with van der Waals surface area (Å²) in [5.41, 5.74) is 3.00. The Hall–Kier alpha value is -2.64. The first-order valence-corrected chi connectivity index (χ1v) is 9.52. The van der Waals surface area contributed by atoms with Crippen LogP contribution in [0.25, 0.3) is 0 Å². The number of nitrogens with one attached hydrogen (secondary N) is 1. The molecule has 0 saturated carbocycles. The van der Waals surface area contributed by atoms with Crippen molar-refractivity contribution in [3.63, 3.8) is 0 Å². The fourth-order valence-electron chi connectivity index (χ4n) is 2.67. The molecule has 0 bridgehead atoms. The summed E-state index contributed by atoms with van der Waals surface area (Å²) in [6.07, 6.45) is 0. The number of anilines is 1. The number of nitrogens with zero attached hydrogens (tertiary/aromatic N) is 3. The number of rotatable bonds is 7. The van der Waals surface area contributed by atoms with Crippen LogP contribution in [0.4, 0.5) is 10.1 Å². The summed E-state index contributed by atoms with van der Waals surface area (Å²) in [4.78, 5) is 14.5. The Bertz CT molecular complexity index is 910. The van der Waals surface area contributed by atoms with Crippen molar-refractivity contribution in [1.82, 2.24) is 15.1 Å². The molecule has 3 rings (SSSR count). The van der Waals surface area contributed by atoms with Crippen molar-refractivity contribution in [1.29, 1.82) is 0 Å². The summed E-state index contributed by atoms with van der Waals surface area (Å²) in [5.74, 6) is -0.688. The van der Waals surface area contributed by atoms with E-state index in [0.717, 1.165) is 18.1 Å². The molecular weight excluding hydrogens is 363 g/mol. The Kier molecular flexibility index (Phi) is 6.26. The van der Waals surface area contributed by atoms with Crippen LogP contribution in [-0.2, 0) is 13.1 Å². The Morgan fingerprint density at radius 1 is 1.15 bits per heavy atom. The quantitative estimate of drug-likeness (QED) is 0.661. The van der Waals surface area contributed by atoms with Crippen LogP contribution in [0.15, 0.2) is 48.5 Å². The molecule has 27 heavy (non-hydrogen) atoms. The molecule has 1 heterocycles. The summed E-state index contributed by atoms with van der Waals surface area (Å²) >= 11 is 1.27. The second-order valence-electron chi connectivity index (χ2n) is 6.25. The number of carbonyl (C=O) groups is 1. The number of hydrogen-bond acceptors (Lipinski definition) is 5. The van der Waals surface area contributed by atoms with Gasteiger partial charge in [0.1, 0.15) is 10.8 Å². The first-order chi connectivity index (χ1) is 13.0. The van der Waals surface area contributed by atoms with E-state index in [-0.39, 0.29) is 11.7 Å². The molecule has 1 aromatic heterocycles. The molecule has 0 aliphatic heterocycles. The average Bonchev–Trinajstić information content (AvgIpc) is 3.12. The molecule has 5 nitrogen and oxygen atoms in total. The Morgan fingerprint density at radius 3 is 2.63 bits per heavy atom. The van der Waals surface area contributed by atoms with E-state index in [2.05, 4.69) is 58.5 Å². The highest BCUT2D eigenvalue weighted by Gasteiger charge is 2.15. The molecule has 0 spiro atoms. The first kappa shape index (κ1) is 19.1. The summed E-state index contributed by atoms with van der Waals surface area (Å²) in [5, 5.41) is 11.9. The predicted octanol–water partition coefficient (Wildman–Crippen LogP) is 4.26. The van der Waals surface area contributed by atoms with E-state index in [1.54, 1.807) is 0 Å². The average molecular weight is 384 g/mol. The van der Waals surface area contributed by atoms with Crippen LogP contribution in [0.3, 0.4) is 0 Å². The van der Waals surface area contributed by atoms with Gasteiger partial charge in [-0.05, 0) is 43.3 Å². The molecule has 3 aromatic rings. The largest absolute Gasteiger partial charge is 0.320 e. The minimum Gasteiger partial charge on any atom is -0.320 e. The van der Waals surface area contributed by atoms with Crippen molar-refractivity contribution in [2.75, 3.05) is 11.9 Å². The zero-order chi connectivity index (χ0) is 19.2. The van der Waals surface area contributed by atoms with Gasteiger partial charge in [0.2, 0.25) is 5.01 Å². The number of hydrogen-bond donors (Lipinski definition) is 1. The normalized spacial score (nSPS) is 11.0. The maximum Gasteiger partial charge on any atom is 0.286 e. The molecule has 140 valence electrons. The summed E-state index contributed by atoms with van der Waals surface area (Å²) in [7, 11) is 0. The van der Waals surface area contributed by atoms with Crippen molar-refractivity contribution in [3.8, 4) is 0 Å². The zero-order valence-electron chi connectivity index (χ0n) is 15.3. The van der Waals surface area contributed by atoms with E-state index < -0.39 is 0 Å². The second kappa shape index (κ2) is 8.83. The lowest BCUT2D eigenvalue weighted by Gasteiger charge is -2.19. The number of aryl methyl sites for hydroxylation is 1. The van der Waals surface area contributed by atoms with E-state index in [4.69, 9.17) is 0 Å². The minimum atomic E-state index is -0.348. The van der Waals surface area contributed by atoms with E-state index in [9.17, 15) is 9.18 Å². The highest BCUT2D eigenvalue weighted by atomic mass is 32.1. The van der Waals surface area contributed by atoms with Crippen LogP contribution < -0.4 is 5.32 Å². The van der Waals surface area contributed by atoms with Gasteiger partial charge in [-0.1, -0.05) is 48.1 Å². The van der Waals surface area contributed by atoms with Crippen LogP contribution in [0.2, 0.25) is 0 Å². The molecular formula is C20H21FN4OS. The molecule has 2 aromatic carbocycles. The lowest BCUT2D eigenvalue weighted by atomic mass is 10.1. The van der Waals surface area contributed by atoms with Gasteiger partial charge in [-0.3, -0.25) is 9.69 Å². The van der Waals surface area contributed by atoms with Gasteiger partial charge in [0.25, 0.3) is 5.91 Å². The molecule has 7 heteroatoms. The van der Waals surface area contributed by atoms with Gasteiger partial charge in [0.15, 0.2) is 0 Å². The smallest absolute Gasteiger partial charge is 0.286 e. The topological polar surface area (TPSA) is 58.1 Å². The molecule has 0 atom stereocenters. The van der Waals surface area contributed by atoms with Gasteiger partial charge in [0.05, 0.1) is 6.54 Å². The lowest BCUT2D eigenvalue weighted by molar-refractivity contribution is 0.102. The third-order valence-corrected chi connectivity index (χ3v) is 4.96. The number of benzene rings is 2. The van der Waals surface area contributed by atoms with Crippen molar-refractivity contribution >= 4 is 22.9 Å². The van der Waals surface area contributed by atoms with Crippen LogP contribution in [0, 0.1) is 12.7 Å². The van der Waals surface area contributed by atoms with Crippen molar-refractivity contribution < 1.29 is 9.18 Å². The first-order valence-electron chi connectivity index (χ1n) is 8.70. The van der Waals surface area contributed by atoms with Crippen molar-refractivity contribution in [2.45, 2.75) is 26.9 Å². The molecule has 0 fully saturated rings. The third-order valence-electron chi connectivity index (χ3n) is 4.06. The van der Waals surface area contributed by atoms with Crippen molar-refractivity contribution in [3.05, 3.63) is 75.5 Å². The van der Waals surface area contributed by atoms with E-state index >= 15 is 0 Å². The van der Waals surface area contributed by atoms with Gasteiger partial charge in [-0.15, -0.1) is 10.2 Å². The van der Waals surface area contributed by atoms with Crippen LogP contribution >= 0.6 is 11.3 Å². The molecule has 0 saturated heterocycles. The minimum absolute atomic E-state index is 0.293. The monoisotopic (exact) mass is 384 g/mol. The van der Waals surface area contributed by atoms with Crippen LogP contribution in [0.1, 0.15) is 32.9 Å². The van der Waals surface area contributed by atoms with Gasteiger partial charge >= 0.3 is 0 Å². The molecule has 1 N–H and O–H groups in total. The van der Waals surface area contributed by atoms with Gasteiger partial charge in [-0.25, -0.2) is 4.39 Å². The maximum atomic E-state index is 12.9. The van der Waals surface area contributed by atoms with Crippen LogP contribution in [0.5, 0.6) is 0 Å². The van der Waals surface area contributed by atoms with Gasteiger partial charge in [-0.2, -0.15) is 0 Å². The maximum absolute atomic E-state index is 12.9. The highest BCUT2D eigenvalue weighted by molar-refractivity contribution is 7.13. The fraction of sp³-hybridized carbons (Fsp3) is 0.250. The standard InChI is InChI=1S/C20H21FN4OS/c1-3-25(12-15-6-4-5-14(2)11-15)13-18-23-24-20(27-18)19(26)22-17-9-7-16(21)8-10-17/h4-11H,3,12-13H2,1-2H3,(H,22,26). The molecule has 1 amide bonds. The van der Waals surface area contributed by atoms with E-state index in [1.165, 1.54) is 46.7 Å². The number of amides is 1. The fourth-order valence-corrected chi connectivity index (χ4v) is 3.44. The summed E-state index contributed by atoms with van der Waals surface area (Å²) < 4.78 is 12.9. The van der Waals surface area contributed by atoms with Crippen molar-refractivity contribution in [2.24, 2.45) is 0 Å². The Balaban J connectivity index is 1.61. The number of halogens is 1. The Labute approximate surface area is 161 Å². The summed E-state index contributed by atoms with van der Waals surface area (Å²) in [6, 6.07) is 14.0. The SMILES string of the molecule is CCN(Cc1cccc(C)c1)Cc1nnc(C(=O)Nc2ccc(F)cc2)s1. The van der Waals surface area contributed by atoms with E-state index in [1.807, 2.05) is 0 Å². The van der Waals surface area contributed by atoms with Crippen LogP contribution in [-0.4, -0.2) is 27.5 Å². The predicted molar refractivity (Wildman–Crippen MR) is 105 cm³/mol. The second-order valence-corrected chi connectivity index (χ2v) is 7.32. The third kappa shape index (κ3) is 5.42. The molecule has 0 aliphatic carbocycles. The van der Waals surface area contributed by atoms with Gasteiger partial charge in [0, 0.05) is 12.2 Å². The number of aromatic nitrogens is 2. The zero-order valence-corrected chi connectivity index (χ0v) is 16.1.